The van der Waals surface area contributed by atoms with Crippen molar-refractivity contribution in [2.24, 2.45) is 0 Å². The van der Waals surface area contributed by atoms with Crippen molar-refractivity contribution in [3.63, 3.8) is 0 Å². The van der Waals surface area contributed by atoms with Gasteiger partial charge in [0.25, 0.3) is 0 Å². The van der Waals surface area contributed by atoms with Crippen LogP contribution in [0, 0.1) is 0 Å². The van der Waals surface area contributed by atoms with E-state index in [2.05, 4.69) is 20.7 Å². The zero-order valence-corrected chi connectivity index (χ0v) is 11.9. The standard InChI is InChI=1S/C12H16BrNO2S/c13-9-10-4-3-5-11(8-10)14-17(15,16)12-6-1-2-7-12/h3-5,8,12,14H,1-2,6-7,9H2. The Labute approximate surface area is 111 Å². The van der Waals surface area contributed by atoms with Crippen LogP contribution in [0.1, 0.15) is 31.2 Å². The Morgan fingerprint density at radius 3 is 2.65 bits per heavy atom. The number of sulfonamides is 1. The topological polar surface area (TPSA) is 46.2 Å². The third kappa shape index (κ3) is 3.22. The number of rotatable bonds is 4. The second kappa shape index (κ2) is 5.40. The molecule has 1 N–H and O–H groups in total. The Hall–Kier alpha value is -0.550. The summed E-state index contributed by atoms with van der Waals surface area (Å²) in [6.45, 7) is 0. The molecular formula is C12H16BrNO2S. The van der Waals surface area contributed by atoms with Gasteiger partial charge < -0.3 is 0 Å². The Balaban J connectivity index is 2.13. The molecule has 1 aliphatic rings. The zero-order chi connectivity index (χ0) is 12.3. The fourth-order valence-corrected chi connectivity index (χ4v) is 4.09. The van der Waals surface area contributed by atoms with E-state index >= 15 is 0 Å². The van der Waals surface area contributed by atoms with Crippen LogP contribution in [0.25, 0.3) is 0 Å². The molecule has 94 valence electrons. The first-order valence-electron chi connectivity index (χ1n) is 5.78. The van der Waals surface area contributed by atoms with Crippen LogP contribution in [0.3, 0.4) is 0 Å². The molecule has 0 atom stereocenters. The van der Waals surface area contributed by atoms with E-state index in [-0.39, 0.29) is 5.25 Å². The third-order valence-corrected chi connectivity index (χ3v) is 5.60. The molecule has 0 saturated heterocycles. The van der Waals surface area contributed by atoms with Crippen LogP contribution in [-0.2, 0) is 15.4 Å². The molecule has 0 heterocycles. The molecule has 1 aliphatic carbocycles. The molecule has 0 bridgehead atoms. The summed E-state index contributed by atoms with van der Waals surface area (Å²) in [7, 11) is -3.20. The van der Waals surface area contributed by atoms with Gasteiger partial charge in [-0.25, -0.2) is 8.42 Å². The molecule has 0 unspecified atom stereocenters. The van der Waals surface area contributed by atoms with E-state index in [1.54, 1.807) is 6.07 Å². The van der Waals surface area contributed by atoms with Crippen molar-refractivity contribution < 1.29 is 8.42 Å². The van der Waals surface area contributed by atoms with Crippen LogP contribution in [0.15, 0.2) is 24.3 Å². The zero-order valence-electron chi connectivity index (χ0n) is 9.52. The molecular weight excluding hydrogens is 302 g/mol. The summed E-state index contributed by atoms with van der Waals surface area (Å²) >= 11 is 3.36. The Morgan fingerprint density at radius 2 is 2.00 bits per heavy atom. The summed E-state index contributed by atoms with van der Waals surface area (Å²) < 4.78 is 26.8. The number of hydrogen-bond donors (Lipinski definition) is 1. The van der Waals surface area contributed by atoms with Crippen LogP contribution in [-0.4, -0.2) is 13.7 Å². The lowest BCUT2D eigenvalue weighted by Gasteiger charge is -2.13. The van der Waals surface area contributed by atoms with Crippen LogP contribution >= 0.6 is 15.9 Å². The fourth-order valence-electron chi connectivity index (χ4n) is 2.16. The van der Waals surface area contributed by atoms with Crippen molar-refractivity contribution in [1.82, 2.24) is 0 Å². The van der Waals surface area contributed by atoms with E-state index in [0.717, 1.165) is 36.6 Å². The second-order valence-corrected chi connectivity index (χ2v) is 6.91. The van der Waals surface area contributed by atoms with Gasteiger partial charge in [-0.1, -0.05) is 40.9 Å². The SMILES string of the molecule is O=S(=O)(Nc1cccc(CBr)c1)C1CCCC1. The van der Waals surface area contributed by atoms with E-state index in [1.807, 2.05) is 18.2 Å². The fraction of sp³-hybridized carbons (Fsp3) is 0.500. The Kier molecular flexibility index (Phi) is 4.09. The molecule has 1 aromatic carbocycles. The van der Waals surface area contributed by atoms with Crippen molar-refractivity contribution in [2.45, 2.75) is 36.3 Å². The molecule has 1 fully saturated rings. The lowest BCUT2D eigenvalue weighted by molar-refractivity contribution is 0.585. The summed E-state index contributed by atoms with van der Waals surface area (Å²) in [5.41, 5.74) is 1.73. The maximum Gasteiger partial charge on any atom is 0.235 e. The van der Waals surface area contributed by atoms with E-state index in [0.29, 0.717) is 5.69 Å². The first kappa shape index (κ1) is 12.9. The van der Waals surface area contributed by atoms with Gasteiger partial charge in [0, 0.05) is 11.0 Å². The minimum atomic E-state index is -3.20. The van der Waals surface area contributed by atoms with Crippen LogP contribution in [0.4, 0.5) is 5.69 Å². The largest absolute Gasteiger partial charge is 0.283 e. The van der Waals surface area contributed by atoms with Gasteiger partial charge in [0.05, 0.1) is 5.25 Å². The molecule has 0 aliphatic heterocycles. The molecule has 0 radical (unpaired) electrons. The van der Waals surface area contributed by atoms with E-state index in [9.17, 15) is 8.42 Å². The number of alkyl halides is 1. The quantitative estimate of drug-likeness (QED) is 0.866. The summed E-state index contributed by atoms with van der Waals surface area (Å²) in [5.74, 6) is 0. The molecule has 17 heavy (non-hydrogen) atoms. The van der Waals surface area contributed by atoms with Gasteiger partial charge in [-0.2, -0.15) is 0 Å². The second-order valence-electron chi connectivity index (χ2n) is 4.39. The van der Waals surface area contributed by atoms with E-state index in [4.69, 9.17) is 0 Å². The number of hydrogen-bond acceptors (Lipinski definition) is 2. The number of nitrogens with one attached hydrogen (secondary N) is 1. The monoisotopic (exact) mass is 317 g/mol. The highest BCUT2D eigenvalue weighted by molar-refractivity contribution is 9.08. The maximum absolute atomic E-state index is 12.1. The van der Waals surface area contributed by atoms with Gasteiger partial charge in [0.1, 0.15) is 0 Å². The highest BCUT2D eigenvalue weighted by Gasteiger charge is 2.28. The van der Waals surface area contributed by atoms with Crippen molar-refractivity contribution >= 4 is 31.6 Å². The molecule has 0 aromatic heterocycles. The first-order chi connectivity index (χ1) is 8.12. The summed E-state index contributed by atoms with van der Waals surface area (Å²) in [6.07, 6.45) is 3.61. The minimum absolute atomic E-state index is 0.213. The highest BCUT2D eigenvalue weighted by atomic mass is 79.9. The van der Waals surface area contributed by atoms with Gasteiger partial charge in [-0.05, 0) is 30.5 Å². The summed E-state index contributed by atoms with van der Waals surface area (Å²) in [4.78, 5) is 0. The predicted molar refractivity (Wildman–Crippen MR) is 73.9 cm³/mol. The molecule has 1 saturated carbocycles. The number of benzene rings is 1. The average Bonchev–Trinajstić information content (AvgIpc) is 2.83. The van der Waals surface area contributed by atoms with E-state index < -0.39 is 10.0 Å². The predicted octanol–water partition coefficient (Wildman–Crippen LogP) is 3.27. The molecule has 1 aromatic rings. The Morgan fingerprint density at radius 1 is 1.29 bits per heavy atom. The van der Waals surface area contributed by atoms with Gasteiger partial charge in [-0.3, -0.25) is 4.72 Å². The van der Waals surface area contributed by atoms with Crippen molar-refractivity contribution in [3.05, 3.63) is 29.8 Å². The molecule has 0 amide bonds. The molecule has 2 rings (SSSR count). The molecule has 0 spiro atoms. The van der Waals surface area contributed by atoms with Gasteiger partial charge in [0.2, 0.25) is 10.0 Å². The lowest BCUT2D eigenvalue weighted by atomic mass is 10.2. The molecule has 3 nitrogen and oxygen atoms in total. The Bertz CT molecular complexity index is 481. The van der Waals surface area contributed by atoms with Crippen LogP contribution < -0.4 is 4.72 Å². The van der Waals surface area contributed by atoms with Gasteiger partial charge in [-0.15, -0.1) is 0 Å². The highest BCUT2D eigenvalue weighted by Crippen LogP contribution is 2.26. The van der Waals surface area contributed by atoms with Crippen molar-refractivity contribution in [3.8, 4) is 0 Å². The average molecular weight is 318 g/mol. The lowest BCUT2D eigenvalue weighted by Crippen LogP contribution is -2.25. The van der Waals surface area contributed by atoms with Crippen molar-refractivity contribution in [1.29, 1.82) is 0 Å². The minimum Gasteiger partial charge on any atom is -0.283 e. The van der Waals surface area contributed by atoms with Crippen LogP contribution in [0.2, 0.25) is 0 Å². The van der Waals surface area contributed by atoms with Crippen molar-refractivity contribution in [2.75, 3.05) is 4.72 Å². The normalized spacial score (nSPS) is 17.2. The third-order valence-electron chi connectivity index (χ3n) is 3.08. The van der Waals surface area contributed by atoms with E-state index in [1.165, 1.54) is 0 Å². The first-order valence-corrected chi connectivity index (χ1v) is 8.45. The summed E-state index contributed by atoms with van der Waals surface area (Å²) in [5, 5.41) is 0.515. The van der Waals surface area contributed by atoms with Gasteiger partial charge >= 0.3 is 0 Å². The van der Waals surface area contributed by atoms with Crippen LogP contribution in [0.5, 0.6) is 0 Å². The number of anilines is 1. The number of halogens is 1. The maximum atomic E-state index is 12.1. The smallest absolute Gasteiger partial charge is 0.235 e. The molecule has 5 heteroatoms. The summed E-state index contributed by atoms with van der Waals surface area (Å²) in [6, 6.07) is 7.48. The van der Waals surface area contributed by atoms with Gasteiger partial charge in [0.15, 0.2) is 0 Å².